The molecule has 0 saturated heterocycles. The molecule has 0 atom stereocenters. The van der Waals surface area contributed by atoms with E-state index in [-0.39, 0.29) is 5.25 Å². The number of ketones is 1. The maximum absolute atomic E-state index is 11.5. The van der Waals surface area contributed by atoms with Gasteiger partial charge >= 0.3 is 0 Å². The topological polar surface area (TPSA) is 63.2 Å². The minimum atomic E-state index is -3.13. The number of rotatable bonds is 5. The third-order valence-corrected chi connectivity index (χ3v) is 4.99. The fourth-order valence-corrected chi connectivity index (χ4v) is 2.60. The zero-order valence-electron chi connectivity index (χ0n) is 10.0. The lowest BCUT2D eigenvalue weighted by Gasteiger charge is -2.21. The molecule has 16 heavy (non-hydrogen) atoms. The van der Waals surface area contributed by atoms with E-state index in [2.05, 4.69) is 4.72 Å². The van der Waals surface area contributed by atoms with Gasteiger partial charge in [-0.3, -0.25) is 4.79 Å². The fourth-order valence-electron chi connectivity index (χ4n) is 1.86. The molecule has 0 aliphatic heterocycles. The Balaban J connectivity index is 2.23. The van der Waals surface area contributed by atoms with Crippen molar-refractivity contribution in [3.8, 4) is 0 Å². The van der Waals surface area contributed by atoms with E-state index in [1.807, 2.05) is 0 Å². The fraction of sp³-hybridized carbons (Fsp3) is 0.909. The smallest absolute Gasteiger partial charge is 0.213 e. The minimum Gasteiger partial charge on any atom is -0.300 e. The van der Waals surface area contributed by atoms with Gasteiger partial charge < -0.3 is 0 Å². The Kier molecular flexibility index (Phi) is 4.92. The van der Waals surface area contributed by atoms with E-state index >= 15 is 0 Å². The highest BCUT2D eigenvalue weighted by molar-refractivity contribution is 7.90. The van der Waals surface area contributed by atoms with Crippen molar-refractivity contribution in [1.82, 2.24) is 4.72 Å². The first-order valence-corrected chi connectivity index (χ1v) is 7.46. The molecule has 5 heteroatoms. The normalized spacial score (nSPS) is 19.3. The summed E-state index contributed by atoms with van der Waals surface area (Å²) >= 11 is 0. The second kappa shape index (κ2) is 5.77. The number of hydrogen-bond acceptors (Lipinski definition) is 3. The van der Waals surface area contributed by atoms with Gasteiger partial charge in [-0.15, -0.1) is 0 Å². The largest absolute Gasteiger partial charge is 0.300 e. The molecule has 1 fully saturated rings. The summed E-state index contributed by atoms with van der Waals surface area (Å²) in [5.41, 5.74) is 0. The van der Waals surface area contributed by atoms with Crippen LogP contribution in [0.4, 0.5) is 0 Å². The third kappa shape index (κ3) is 4.22. The molecule has 0 aromatic heterocycles. The van der Waals surface area contributed by atoms with Crippen LogP contribution in [0.15, 0.2) is 0 Å². The van der Waals surface area contributed by atoms with Crippen LogP contribution < -0.4 is 4.72 Å². The average Bonchev–Trinajstić information content (AvgIpc) is 2.20. The first-order valence-electron chi connectivity index (χ1n) is 5.92. The van der Waals surface area contributed by atoms with E-state index in [1.165, 1.54) is 0 Å². The van der Waals surface area contributed by atoms with Crippen LogP contribution >= 0.6 is 0 Å². The van der Waals surface area contributed by atoms with Crippen molar-refractivity contribution in [3.05, 3.63) is 0 Å². The van der Waals surface area contributed by atoms with Gasteiger partial charge in [0.2, 0.25) is 10.0 Å². The van der Waals surface area contributed by atoms with Crippen LogP contribution in [0.1, 0.15) is 46.0 Å². The van der Waals surface area contributed by atoms with Crippen LogP contribution in [0.3, 0.4) is 0 Å². The van der Waals surface area contributed by atoms with Crippen molar-refractivity contribution in [2.75, 3.05) is 6.54 Å². The number of Topliss-reactive ketones (excluding diaryl/α,β-unsaturated/α-hetero) is 1. The van der Waals surface area contributed by atoms with Crippen LogP contribution in [-0.4, -0.2) is 26.0 Å². The summed E-state index contributed by atoms with van der Waals surface area (Å²) in [5.74, 6) is 0.853. The van der Waals surface area contributed by atoms with E-state index < -0.39 is 10.0 Å². The minimum absolute atomic E-state index is 0.346. The van der Waals surface area contributed by atoms with Gasteiger partial charge in [-0.05, 0) is 39.0 Å². The van der Waals surface area contributed by atoms with E-state index in [1.54, 1.807) is 13.8 Å². The van der Waals surface area contributed by atoms with Gasteiger partial charge in [0, 0.05) is 19.4 Å². The van der Waals surface area contributed by atoms with Gasteiger partial charge in [0.1, 0.15) is 5.78 Å². The maximum Gasteiger partial charge on any atom is 0.213 e. The van der Waals surface area contributed by atoms with E-state index in [0.717, 1.165) is 19.3 Å². The lowest BCUT2D eigenvalue weighted by atomic mass is 9.86. The molecule has 0 heterocycles. The first-order chi connectivity index (χ1) is 7.42. The van der Waals surface area contributed by atoms with Gasteiger partial charge in [0.25, 0.3) is 0 Å². The van der Waals surface area contributed by atoms with E-state index in [9.17, 15) is 13.2 Å². The maximum atomic E-state index is 11.5. The highest BCUT2D eigenvalue weighted by Crippen LogP contribution is 2.23. The quantitative estimate of drug-likeness (QED) is 0.800. The molecule has 0 aromatic carbocycles. The second-order valence-electron chi connectivity index (χ2n) is 4.76. The van der Waals surface area contributed by atoms with Crippen LogP contribution in [-0.2, 0) is 14.8 Å². The molecule has 1 saturated carbocycles. The molecule has 1 aliphatic carbocycles. The molecule has 1 aliphatic rings. The lowest BCUT2D eigenvalue weighted by Crippen LogP contribution is -2.32. The van der Waals surface area contributed by atoms with E-state index in [0.29, 0.717) is 31.1 Å². The van der Waals surface area contributed by atoms with Crippen LogP contribution in [0, 0.1) is 5.92 Å². The summed E-state index contributed by atoms with van der Waals surface area (Å²) in [7, 11) is -3.13. The van der Waals surface area contributed by atoms with Crippen molar-refractivity contribution in [1.29, 1.82) is 0 Å². The first kappa shape index (κ1) is 13.6. The van der Waals surface area contributed by atoms with Crippen molar-refractivity contribution in [2.45, 2.75) is 51.2 Å². The predicted octanol–water partition coefficient (Wildman–Crippen LogP) is 1.46. The van der Waals surface area contributed by atoms with Crippen molar-refractivity contribution in [3.63, 3.8) is 0 Å². The van der Waals surface area contributed by atoms with Crippen LogP contribution in [0.2, 0.25) is 0 Å². The van der Waals surface area contributed by atoms with Crippen molar-refractivity contribution < 1.29 is 13.2 Å². The summed E-state index contributed by atoms with van der Waals surface area (Å²) in [6.45, 7) is 3.84. The Hall–Kier alpha value is -0.420. The standard InChI is InChI=1S/C11H21NO3S/c1-9(2)16(14,15)12-8-7-10-3-5-11(13)6-4-10/h9-10,12H,3-8H2,1-2H3. The van der Waals surface area contributed by atoms with Crippen LogP contribution in [0.5, 0.6) is 0 Å². The molecule has 94 valence electrons. The highest BCUT2D eigenvalue weighted by atomic mass is 32.2. The number of sulfonamides is 1. The summed E-state index contributed by atoms with van der Waals surface area (Å²) in [6, 6.07) is 0. The summed E-state index contributed by atoms with van der Waals surface area (Å²) in [6.07, 6.45) is 4.02. The molecular weight excluding hydrogens is 226 g/mol. The van der Waals surface area contributed by atoms with Gasteiger partial charge in [-0.1, -0.05) is 0 Å². The molecule has 0 amide bonds. The zero-order chi connectivity index (χ0) is 12.2. The molecule has 1 rings (SSSR count). The molecule has 0 radical (unpaired) electrons. The van der Waals surface area contributed by atoms with Gasteiger partial charge in [-0.25, -0.2) is 13.1 Å². The van der Waals surface area contributed by atoms with Gasteiger partial charge in [0.15, 0.2) is 0 Å². The summed E-state index contributed by atoms with van der Waals surface area (Å²) in [4.78, 5) is 11.0. The average molecular weight is 247 g/mol. The molecule has 1 N–H and O–H groups in total. The Morgan fingerprint density at radius 2 is 1.88 bits per heavy atom. The Morgan fingerprint density at radius 1 is 1.31 bits per heavy atom. The zero-order valence-corrected chi connectivity index (χ0v) is 10.8. The SMILES string of the molecule is CC(C)S(=O)(=O)NCCC1CCC(=O)CC1. The van der Waals surface area contributed by atoms with Crippen LogP contribution in [0.25, 0.3) is 0 Å². The van der Waals surface area contributed by atoms with Gasteiger partial charge in [0.05, 0.1) is 5.25 Å². The number of carbonyl (C=O) groups excluding carboxylic acids is 1. The van der Waals surface area contributed by atoms with E-state index in [4.69, 9.17) is 0 Å². The predicted molar refractivity (Wildman–Crippen MR) is 63.6 cm³/mol. The Labute approximate surface area is 97.9 Å². The third-order valence-electron chi connectivity index (χ3n) is 3.14. The lowest BCUT2D eigenvalue weighted by molar-refractivity contribution is -0.121. The molecule has 0 spiro atoms. The molecule has 0 bridgehead atoms. The highest BCUT2D eigenvalue weighted by Gasteiger charge is 2.20. The number of carbonyl (C=O) groups is 1. The molecule has 0 aromatic rings. The molecular formula is C11H21NO3S. The summed E-state index contributed by atoms with van der Waals surface area (Å²) in [5, 5.41) is -0.375. The Bertz CT molecular complexity index is 325. The van der Waals surface area contributed by atoms with Crippen molar-refractivity contribution >= 4 is 15.8 Å². The summed E-state index contributed by atoms with van der Waals surface area (Å²) < 4.78 is 25.5. The Morgan fingerprint density at radius 3 is 2.38 bits per heavy atom. The number of hydrogen-bond donors (Lipinski definition) is 1. The van der Waals surface area contributed by atoms with Crippen molar-refractivity contribution in [2.24, 2.45) is 5.92 Å². The molecule has 4 nitrogen and oxygen atoms in total. The number of nitrogens with one attached hydrogen (secondary N) is 1. The monoisotopic (exact) mass is 247 g/mol. The molecule has 0 unspecified atom stereocenters. The van der Waals surface area contributed by atoms with Gasteiger partial charge in [-0.2, -0.15) is 0 Å². The second-order valence-corrected chi connectivity index (χ2v) is 7.08.